The van der Waals surface area contributed by atoms with E-state index >= 15 is 0 Å². The Labute approximate surface area is 224 Å². The molecule has 0 bridgehead atoms. The highest BCUT2D eigenvalue weighted by Gasteiger charge is 2.34. The number of carbonyl (C=O) groups is 3. The molecule has 1 aliphatic heterocycles. The first-order valence-corrected chi connectivity index (χ1v) is 12.5. The molecule has 1 fully saturated rings. The highest BCUT2D eigenvalue weighted by Crippen LogP contribution is 2.34. The Morgan fingerprint density at radius 3 is 2.39 bits per heavy atom. The van der Waals surface area contributed by atoms with Crippen molar-refractivity contribution in [2.45, 2.75) is 0 Å². The molecule has 0 radical (unpaired) electrons. The first-order valence-electron chi connectivity index (χ1n) is 11.7. The average molecular weight is 535 g/mol. The number of ether oxygens (including phenoxy) is 4. The van der Waals surface area contributed by atoms with Gasteiger partial charge in [-0.2, -0.15) is 0 Å². The van der Waals surface area contributed by atoms with Crippen LogP contribution >= 0.6 is 11.8 Å². The maximum Gasteiger partial charge on any atom is 0.293 e. The van der Waals surface area contributed by atoms with Gasteiger partial charge in [0, 0.05) is 0 Å². The lowest BCUT2D eigenvalue weighted by atomic mass is 10.2. The molecule has 4 rings (SSSR count). The Hall–Kier alpha value is -4.44. The second kappa shape index (κ2) is 12.7. The van der Waals surface area contributed by atoms with Gasteiger partial charge in [0.2, 0.25) is 0 Å². The molecule has 0 saturated carbocycles. The summed E-state index contributed by atoms with van der Waals surface area (Å²) in [4.78, 5) is 39.0. The van der Waals surface area contributed by atoms with E-state index in [1.165, 1.54) is 14.2 Å². The van der Waals surface area contributed by atoms with Gasteiger partial charge in [-0.3, -0.25) is 19.3 Å². The topological polar surface area (TPSA) is 103 Å². The minimum atomic E-state index is -0.385. The summed E-state index contributed by atoms with van der Waals surface area (Å²) >= 11 is 0.866. The van der Waals surface area contributed by atoms with Crippen LogP contribution in [0.5, 0.6) is 23.0 Å². The van der Waals surface area contributed by atoms with Gasteiger partial charge < -0.3 is 24.3 Å². The van der Waals surface area contributed by atoms with Crippen LogP contribution in [-0.2, 0) is 9.59 Å². The molecule has 0 spiro atoms. The number of thioether (sulfide) groups is 1. The zero-order valence-electron chi connectivity index (χ0n) is 20.8. The van der Waals surface area contributed by atoms with Gasteiger partial charge in [-0.15, -0.1) is 0 Å². The van der Waals surface area contributed by atoms with Crippen molar-refractivity contribution >= 4 is 40.6 Å². The van der Waals surface area contributed by atoms with Gasteiger partial charge in [0.05, 0.1) is 31.4 Å². The average Bonchev–Trinajstić information content (AvgIpc) is 3.20. The molecular weight excluding hydrogens is 508 g/mol. The number of methoxy groups -OCH3 is 2. The van der Waals surface area contributed by atoms with Crippen molar-refractivity contribution in [1.29, 1.82) is 0 Å². The van der Waals surface area contributed by atoms with Gasteiger partial charge in [-0.1, -0.05) is 36.4 Å². The molecule has 196 valence electrons. The lowest BCUT2D eigenvalue weighted by Crippen LogP contribution is -2.32. The van der Waals surface area contributed by atoms with Crippen molar-refractivity contribution in [3.8, 4) is 23.0 Å². The lowest BCUT2D eigenvalue weighted by molar-refractivity contribution is -0.123. The summed E-state index contributed by atoms with van der Waals surface area (Å²) in [5.41, 5.74) is 1.17. The standard InChI is InChI=1S/C28H26N2O7S/c1-34-22-11-7-6-10-21(22)29-26(31)18-37-23-13-12-19(16-24(23)35-2)17-25-27(32)30(28(33)38-25)14-15-36-20-8-4-3-5-9-20/h3-13,16-17H,14-15,18H2,1-2H3,(H,29,31)/b25-17-. The van der Waals surface area contributed by atoms with E-state index < -0.39 is 0 Å². The summed E-state index contributed by atoms with van der Waals surface area (Å²) in [6, 6.07) is 21.3. The van der Waals surface area contributed by atoms with E-state index in [4.69, 9.17) is 18.9 Å². The minimum absolute atomic E-state index is 0.143. The summed E-state index contributed by atoms with van der Waals surface area (Å²) in [5, 5.41) is 2.39. The molecule has 0 aliphatic carbocycles. The van der Waals surface area contributed by atoms with Crippen LogP contribution in [-0.4, -0.2) is 55.9 Å². The highest BCUT2D eigenvalue weighted by atomic mass is 32.2. The molecule has 38 heavy (non-hydrogen) atoms. The van der Waals surface area contributed by atoms with Crippen molar-refractivity contribution in [3.05, 3.63) is 83.3 Å². The van der Waals surface area contributed by atoms with Gasteiger partial charge in [0.25, 0.3) is 17.1 Å². The van der Waals surface area contributed by atoms with E-state index in [1.54, 1.807) is 60.7 Å². The number of benzene rings is 3. The third-order valence-corrected chi connectivity index (χ3v) is 6.33. The van der Waals surface area contributed by atoms with Crippen LogP contribution in [0, 0.1) is 0 Å². The van der Waals surface area contributed by atoms with Crippen LogP contribution in [0.1, 0.15) is 5.56 Å². The summed E-state index contributed by atoms with van der Waals surface area (Å²) in [5.74, 6) is 1.18. The maximum atomic E-state index is 12.8. The van der Waals surface area contributed by atoms with Crippen LogP contribution in [0.25, 0.3) is 6.08 Å². The summed E-state index contributed by atoms with van der Waals surface area (Å²) < 4.78 is 21.9. The predicted octanol–water partition coefficient (Wildman–Crippen LogP) is 4.84. The fourth-order valence-electron chi connectivity index (χ4n) is 3.59. The van der Waals surface area contributed by atoms with Gasteiger partial charge in [0.1, 0.15) is 18.1 Å². The Morgan fingerprint density at radius 2 is 1.63 bits per heavy atom. The Morgan fingerprint density at radius 1 is 0.895 bits per heavy atom. The Kier molecular flexibility index (Phi) is 8.89. The number of nitrogens with zero attached hydrogens (tertiary/aromatic N) is 1. The quantitative estimate of drug-likeness (QED) is 0.349. The molecule has 9 nitrogen and oxygen atoms in total. The summed E-state index contributed by atoms with van der Waals surface area (Å²) in [7, 11) is 3.00. The summed E-state index contributed by atoms with van der Waals surface area (Å²) in [6.45, 7) is 0.0848. The van der Waals surface area contributed by atoms with Gasteiger partial charge in [0.15, 0.2) is 18.1 Å². The Balaban J connectivity index is 1.36. The summed E-state index contributed by atoms with van der Waals surface area (Å²) in [6.07, 6.45) is 1.61. The molecule has 1 N–H and O–H groups in total. The third-order valence-electron chi connectivity index (χ3n) is 5.43. The van der Waals surface area contributed by atoms with Crippen LogP contribution in [0.15, 0.2) is 77.7 Å². The van der Waals surface area contributed by atoms with Crippen molar-refractivity contribution in [2.75, 3.05) is 39.3 Å². The van der Waals surface area contributed by atoms with Crippen molar-refractivity contribution in [2.24, 2.45) is 0 Å². The number of hydrogen-bond donors (Lipinski definition) is 1. The van der Waals surface area contributed by atoms with E-state index in [0.29, 0.717) is 39.2 Å². The first kappa shape index (κ1) is 26.6. The number of para-hydroxylation sites is 3. The number of hydrogen-bond acceptors (Lipinski definition) is 8. The number of anilines is 1. The SMILES string of the molecule is COc1ccccc1NC(=O)COc1ccc(/C=C2\SC(=O)N(CCOc3ccccc3)C2=O)cc1OC. The normalized spacial score (nSPS) is 13.9. The molecule has 1 heterocycles. The maximum absolute atomic E-state index is 12.8. The zero-order valence-corrected chi connectivity index (χ0v) is 21.7. The number of carbonyl (C=O) groups excluding carboxylic acids is 3. The molecule has 10 heteroatoms. The van der Waals surface area contributed by atoms with Crippen LogP contribution in [0.2, 0.25) is 0 Å². The molecule has 3 aromatic rings. The Bertz CT molecular complexity index is 1340. The predicted molar refractivity (Wildman–Crippen MR) is 145 cm³/mol. The molecule has 0 atom stereocenters. The van der Waals surface area contributed by atoms with E-state index in [-0.39, 0.29) is 36.8 Å². The second-order valence-corrected chi connectivity index (χ2v) is 8.94. The van der Waals surface area contributed by atoms with Crippen LogP contribution in [0.4, 0.5) is 10.5 Å². The number of nitrogens with one attached hydrogen (secondary N) is 1. The van der Waals surface area contributed by atoms with Gasteiger partial charge in [-0.25, -0.2) is 0 Å². The van der Waals surface area contributed by atoms with Crippen molar-refractivity contribution in [1.82, 2.24) is 4.90 Å². The molecule has 3 amide bonds. The van der Waals surface area contributed by atoms with Crippen LogP contribution < -0.4 is 24.3 Å². The fourth-order valence-corrected chi connectivity index (χ4v) is 4.45. The number of imide groups is 1. The molecule has 3 aromatic carbocycles. The number of amides is 3. The monoisotopic (exact) mass is 534 g/mol. The van der Waals surface area contributed by atoms with Crippen LogP contribution in [0.3, 0.4) is 0 Å². The molecule has 1 saturated heterocycles. The molecular formula is C28H26N2O7S. The third kappa shape index (κ3) is 6.65. The minimum Gasteiger partial charge on any atom is -0.495 e. The van der Waals surface area contributed by atoms with Gasteiger partial charge >= 0.3 is 0 Å². The number of rotatable bonds is 11. The van der Waals surface area contributed by atoms with Crippen molar-refractivity contribution in [3.63, 3.8) is 0 Å². The van der Waals surface area contributed by atoms with E-state index in [2.05, 4.69) is 5.32 Å². The lowest BCUT2D eigenvalue weighted by Gasteiger charge is -2.13. The van der Waals surface area contributed by atoms with Crippen molar-refractivity contribution < 1.29 is 33.3 Å². The van der Waals surface area contributed by atoms with E-state index in [0.717, 1.165) is 16.7 Å². The van der Waals surface area contributed by atoms with E-state index in [9.17, 15) is 14.4 Å². The zero-order chi connectivity index (χ0) is 26.9. The fraction of sp³-hybridized carbons (Fsp3) is 0.179. The van der Waals surface area contributed by atoms with Gasteiger partial charge in [-0.05, 0) is 59.8 Å². The molecule has 0 aromatic heterocycles. The second-order valence-electron chi connectivity index (χ2n) is 7.94. The molecule has 1 aliphatic rings. The largest absolute Gasteiger partial charge is 0.495 e. The highest BCUT2D eigenvalue weighted by molar-refractivity contribution is 8.18. The van der Waals surface area contributed by atoms with E-state index in [1.807, 2.05) is 18.2 Å². The first-order chi connectivity index (χ1) is 18.5. The smallest absolute Gasteiger partial charge is 0.293 e. The molecule has 0 unspecified atom stereocenters.